The largest absolute Gasteiger partial charge is 0.480 e. The van der Waals surface area contributed by atoms with Gasteiger partial charge in [0.25, 0.3) is 0 Å². The van der Waals surface area contributed by atoms with Crippen LogP contribution in [-0.2, 0) is 14.8 Å². The van der Waals surface area contributed by atoms with Crippen LogP contribution in [0.25, 0.3) is 0 Å². The quantitative estimate of drug-likeness (QED) is 0.865. The molecule has 106 valence electrons. The molecule has 0 radical (unpaired) electrons. The Balaban J connectivity index is 3.23. The van der Waals surface area contributed by atoms with Gasteiger partial charge in [0.15, 0.2) is 0 Å². The Morgan fingerprint density at radius 1 is 1.47 bits per heavy atom. The van der Waals surface area contributed by atoms with Gasteiger partial charge in [-0.05, 0) is 31.5 Å². The van der Waals surface area contributed by atoms with Crippen LogP contribution in [0, 0.1) is 5.82 Å². The van der Waals surface area contributed by atoms with Gasteiger partial charge < -0.3 is 5.11 Å². The molecule has 19 heavy (non-hydrogen) atoms. The molecule has 5 nitrogen and oxygen atoms in total. The summed E-state index contributed by atoms with van der Waals surface area (Å²) < 4.78 is 38.6. The maximum Gasteiger partial charge on any atom is 0.318 e. The molecular weight excluding hydrogens is 273 g/mol. The molecule has 0 bridgehead atoms. The molecular formula is C12H16FNO4S. The van der Waals surface area contributed by atoms with E-state index in [4.69, 9.17) is 5.11 Å². The molecule has 0 saturated heterocycles. The highest BCUT2D eigenvalue weighted by molar-refractivity contribution is 7.89. The molecule has 1 atom stereocenters. The lowest BCUT2D eigenvalue weighted by Crippen LogP contribution is -2.41. The standard InChI is InChI=1S/C12H16FNO4S/c1-3-9(2)14(8-12(15)16)19(17,18)11-6-4-5-10(13)7-11/h4-7,9H,3,8H2,1-2H3,(H,15,16). The molecule has 0 aromatic heterocycles. The van der Waals surface area contributed by atoms with Crippen molar-refractivity contribution in [2.24, 2.45) is 0 Å². The average Bonchev–Trinajstić information content (AvgIpc) is 2.34. The van der Waals surface area contributed by atoms with Crippen LogP contribution in [0.1, 0.15) is 20.3 Å². The number of nitrogens with zero attached hydrogens (tertiary/aromatic N) is 1. The summed E-state index contributed by atoms with van der Waals surface area (Å²) in [6, 6.07) is 4.05. The highest BCUT2D eigenvalue weighted by Crippen LogP contribution is 2.20. The minimum atomic E-state index is -4.02. The molecule has 1 N–H and O–H groups in total. The third-order valence-corrected chi connectivity index (χ3v) is 4.73. The summed E-state index contributed by atoms with van der Waals surface area (Å²) in [5.41, 5.74) is 0. The van der Waals surface area contributed by atoms with Crippen molar-refractivity contribution in [3.63, 3.8) is 0 Å². The minimum Gasteiger partial charge on any atom is -0.480 e. The normalized spacial score (nSPS) is 13.5. The zero-order valence-corrected chi connectivity index (χ0v) is 11.5. The van der Waals surface area contributed by atoms with E-state index in [1.54, 1.807) is 13.8 Å². The first-order chi connectivity index (χ1) is 8.78. The molecule has 0 saturated carbocycles. The summed E-state index contributed by atoms with van der Waals surface area (Å²) in [5.74, 6) is -1.93. The zero-order valence-electron chi connectivity index (χ0n) is 10.7. The molecule has 0 spiro atoms. The monoisotopic (exact) mass is 289 g/mol. The fraction of sp³-hybridized carbons (Fsp3) is 0.417. The van der Waals surface area contributed by atoms with Gasteiger partial charge in [-0.15, -0.1) is 0 Å². The summed E-state index contributed by atoms with van der Waals surface area (Å²) in [4.78, 5) is 10.6. The second kappa shape index (κ2) is 6.12. The van der Waals surface area contributed by atoms with E-state index in [-0.39, 0.29) is 4.90 Å². The van der Waals surface area contributed by atoms with E-state index < -0.39 is 34.4 Å². The fourth-order valence-electron chi connectivity index (χ4n) is 1.58. The van der Waals surface area contributed by atoms with Crippen molar-refractivity contribution in [3.05, 3.63) is 30.1 Å². The summed E-state index contributed by atoms with van der Waals surface area (Å²) in [7, 11) is -4.02. The SMILES string of the molecule is CCC(C)N(CC(=O)O)S(=O)(=O)c1cccc(F)c1. The third-order valence-electron chi connectivity index (χ3n) is 2.78. The molecule has 1 unspecified atom stereocenters. The molecule has 1 aromatic carbocycles. The Kier molecular flexibility index (Phi) is 5.02. The topological polar surface area (TPSA) is 74.7 Å². The van der Waals surface area contributed by atoms with Crippen molar-refractivity contribution in [2.45, 2.75) is 31.2 Å². The predicted molar refractivity (Wildman–Crippen MR) is 67.7 cm³/mol. The molecule has 1 aromatic rings. The number of benzene rings is 1. The summed E-state index contributed by atoms with van der Waals surface area (Å²) in [6.07, 6.45) is 0.460. The van der Waals surface area contributed by atoms with Gasteiger partial charge >= 0.3 is 5.97 Å². The van der Waals surface area contributed by atoms with Crippen LogP contribution in [0.15, 0.2) is 29.2 Å². The Morgan fingerprint density at radius 2 is 2.11 bits per heavy atom. The van der Waals surface area contributed by atoms with Crippen molar-refractivity contribution in [1.82, 2.24) is 4.31 Å². The van der Waals surface area contributed by atoms with Gasteiger partial charge in [-0.1, -0.05) is 13.0 Å². The van der Waals surface area contributed by atoms with Crippen LogP contribution in [0.2, 0.25) is 0 Å². The first-order valence-electron chi connectivity index (χ1n) is 5.78. The number of rotatable bonds is 6. The maximum absolute atomic E-state index is 13.1. The van der Waals surface area contributed by atoms with Gasteiger partial charge in [0.1, 0.15) is 12.4 Å². The molecule has 0 aliphatic carbocycles. The molecule has 0 aliphatic heterocycles. The van der Waals surface area contributed by atoms with Gasteiger partial charge in [0.2, 0.25) is 10.0 Å². The maximum atomic E-state index is 13.1. The van der Waals surface area contributed by atoms with E-state index in [0.717, 1.165) is 16.4 Å². The smallest absolute Gasteiger partial charge is 0.318 e. The third kappa shape index (κ3) is 3.74. The summed E-state index contributed by atoms with van der Waals surface area (Å²) in [6.45, 7) is 2.72. The Bertz CT molecular complexity index is 559. The number of halogens is 1. The Morgan fingerprint density at radius 3 is 2.58 bits per heavy atom. The van der Waals surface area contributed by atoms with Crippen molar-refractivity contribution in [1.29, 1.82) is 0 Å². The van der Waals surface area contributed by atoms with Gasteiger partial charge in [-0.2, -0.15) is 4.31 Å². The number of hydrogen-bond donors (Lipinski definition) is 1. The van der Waals surface area contributed by atoms with Crippen molar-refractivity contribution in [2.75, 3.05) is 6.54 Å². The van der Waals surface area contributed by atoms with E-state index in [1.165, 1.54) is 12.1 Å². The van der Waals surface area contributed by atoms with E-state index in [2.05, 4.69) is 0 Å². The number of sulfonamides is 1. The molecule has 7 heteroatoms. The molecule has 0 heterocycles. The lowest BCUT2D eigenvalue weighted by Gasteiger charge is -2.26. The molecule has 0 amide bonds. The van der Waals surface area contributed by atoms with Crippen LogP contribution >= 0.6 is 0 Å². The second-order valence-electron chi connectivity index (χ2n) is 4.16. The second-order valence-corrected chi connectivity index (χ2v) is 6.05. The number of carbonyl (C=O) groups is 1. The van der Waals surface area contributed by atoms with Gasteiger partial charge in [0.05, 0.1) is 4.90 Å². The first kappa shape index (κ1) is 15.6. The van der Waals surface area contributed by atoms with Crippen molar-refractivity contribution >= 4 is 16.0 Å². The van der Waals surface area contributed by atoms with Gasteiger partial charge in [-0.25, -0.2) is 12.8 Å². The van der Waals surface area contributed by atoms with E-state index in [9.17, 15) is 17.6 Å². The van der Waals surface area contributed by atoms with E-state index >= 15 is 0 Å². The van der Waals surface area contributed by atoms with Crippen LogP contribution in [0.3, 0.4) is 0 Å². The van der Waals surface area contributed by atoms with E-state index in [0.29, 0.717) is 6.42 Å². The van der Waals surface area contributed by atoms with Crippen LogP contribution < -0.4 is 0 Å². The summed E-state index contributed by atoms with van der Waals surface area (Å²) >= 11 is 0. The molecule has 1 rings (SSSR count). The molecule has 0 fully saturated rings. The minimum absolute atomic E-state index is 0.242. The number of aliphatic carboxylic acids is 1. The average molecular weight is 289 g/mol. The van der Waals surface area contributed by atoms with E-state index in [1.807, 2.05) is 0 Å². The number of carboxylic acid groups (broad SMARTS) is 1. The van der Waals surface area contributed by atoms with Gasteiger partial charge in [0, 0.05) is 6.04 Å². The van der Waals surface area contributed by atoms with Crippen LogP contribution in [0.5, 0.6) is 0 Å². The Hall–Kier alpha value is -1.47. The zero-order chi connectivity index (χ0) is 14.6. The van der Waals surface area contributed by atoms with Crippen LogP contribution in [-0.4, -0.2) is 36.4 Å². The number of carboxylic acids is 1. The highest BCUT2D eigenvalue weighted by atomic mass is 32.2. The highest BCUT2D eigenvalue weighted by Gasteiger charge is 2.30. The lowest BCUT2D eigenvalue weighted by atomic mass is 10.2. The first-order valence-corrected chi connectivity index (χ1v) is 7.22. The lowest BCUT2D eigenvalue weighted by molar-refractivity contribution is -0.137. The molecule has 0 aliphatic rings. The predicted octanol–water partition coefficient (Wildman–Crippen LogP) is 1.70. The Labute approximate surface area is 111 Å². The fourth-order valence-corrected chi connectivity index (χ4v) is 3.26. The summed E-state index contributed by atoms with van der Waals surface area (Å²) in [5, 5.41) is 8.81. The van der Waals surface area contributed by atoms with Gasteiger partial charge in [-0.3, -0.25) is 4.79 Å². The van der Waals surface area contributed by atoms with Crippen LogP contribution in [0.4, 0.5) is 4.39 Å². The van der Waals surface area contributed by atoms with Crippen molar-refractivity contribution < 1.29 is 22.7 Å². The number of hydrogen-bond acceptors (Lipinski definition) is 3. The van der Waals surface area contributed by atoms with Crippen molar-refractivity contribution in [3.8, 4) is 0 Å².